The molecule has 0 aliphatic carbocycles. The Labute approximate surface area is 102 Å². The van der Waals surface area contributed by atoms with Gasteiger partial charge in [0.05, 0.1) is 0 Å². The summed E-state index contributed by atoms with van der Waals surface area (Å²) in [6.07, 6.45) is 10.3. The van der Waals surface area contributed by atoms with Gasteiger partial charge in [-0.05, 0) is 50.0 Å². The first-order chi connectivity index (χ1) is 8.29. The van der Waals surface area contributed by atoms with Crippen LogP contribution >= 0.6 is 0 Å². The first-order valence-electron chi connectivity index (χ1n) is 6.05. The number of rotatable bonds is 5. The van der Waals surface area contributed by atoms with Crippen LogP contribution in [0.25, 0.3) is 6.08 Å². The summed E-state index contributed by atoms with van der Waals surface area (Å²) in [5.41, 5.74) is 0.826. The summed E-state index contributed by atoms with van der Waals surface area (Å²) in [7, 11) is 0. The molecule has 0 radical (unpaired) electrons. The van der Waals surface area contributed by atoms with Crippen molar-refractivity contribution in [1.82, 2.24) is 0 Å². The molecule has 1 aromatic rings. The molecule has 1 aliphatic rings. The summed E-state index contributed by atoms with van der Waals surface area (Å²) in [4.78, 5) is 0. The monoisotopic (exact) mass is 232 g/mol. The summed E-state index contributed by atoms with van der Waals surface area (Å²) < 4.78 is 18.8. The van der Waals surface area contributed by atoms with Gasteiger partial charge in [-0.15, -0.1) is 6.58 Å². The van der Waals surface area contributed by atoms with Gasteiger partial charge in [0.1, 0.15) is 17.7 Å². The Bertz CT molecular complexity index is 423. The van der Waals surface area contributed by atoms with Crippen LogP contribution < -0.4 is 4.74 Å². The van der Waals surface area contributed by atoms with Crippen molar-refractivity contribution in [3.63, 3.8) is 0 Å². The lowest BCUT2D eigenvalue weighted by atomic mass is 10.1. The van der Waals surface area contributed by atoms with Crippen LogP contribution in [0.2, 0.25) is 0 Å². The van der Waals surface area contributed by atoms with Crippen LogP contribution in [0.3, 0.4) is 0 Å². The van der Waals surface area contributed by atoms with Gasteiger partial charge in [-0.3, -0.25) is 0 Å². The number of halogens is 1. The Hall–Kier alpha value is -1.57. The van der Waals surface area contributed by atoms with Crippen molar-refractivity contribution in [1.29, 1.82) is 0 Å². The van der Waals surface area contributed by atoms with Gasteiger partial charge in [0.25, 0.3) is 0 Å². The Morgan fingerprint density at radius 2 is 2.24 bits per heavy atom. The molecule has 0 amide bonds. The molecule has 0 aromatic heterocycles. The van der Waals surface area contributed by atoms with Crippen LogP contribution in [0.15, 0.2) is 36.9 Å². The fourth-order valence-electron chi connectivity index (χ4n) is 1.96. The highest BCUT2D eigenvalue weighted by atomic mass is 19.1. The zero-order chi connectivity index (χ0) is 12.1. The Kier molecular flexibility index (Phi) is 3.97. The fraction of sp³-hybridized carbons (Fsp3) is 0.333. The van der Waals surface area contributed by atoms with Gasteiger partial charge in [0, 0.05) is 5.56 Å². The van der Waals surface area contributed by atoms with Gasteiger partial charge in [-0.1, -0.05) is 12.2 Å². The van der Waals surface area contributed by atoms with Crippen LogP contribution in [-0.2, 0) is 0 Å². The molecule has 0 fully saturated rings. The zero-order valence-electron chi connectivity index (χ0n) is 9.86. The molecule has 90 valence electrons. The zero-order valence-corrected chi connectivity index (χ0v) is 9.86. The molecule has 2 rings (SSSR count). The molecule has 1 atom stereocenters. The summed E-state index contributed by atoms with van der Waals surface area (Å²) in [5, 5.41) is 0. The number of hydrogen-bond acceptors (Lipinski definition) is 1. The Morgan fingerprint density at radius 3 is 3.06 bits per heavy atom. The molecule has 1 unspecified atom stereocenters. The third kappa shape index (κ3) is 3.19. The van der Waals surface area contributed by atoms with Gasteiger partial charge in [0.15, 0.2) is 0 Å². The van der Waals surface area contributed by atoms with Crippen molar-refractivity contribution in [3.05, 3.63) is 48.3 Å². The highest BCUT2D eigenvalue weighted by Gasteiger charge is 2.14. The molecular weight excluding hydrogens is 215 g/mol. The number of unbranched alkanes of at least 4 members (excludes halogenated alkanes) is 2. The first-order valence-corrected chi connectivity index (χ1v) is 6.05. The molecule has 1 aliphatic heterocycles. The van der Waals surface area contributed by atoms with Crippen molar-refractivity contribution in [2.24, 2.45) is 0 Å². The number of ether oxygens (including phenoxy) is 1. The van der Waals surface area contributed by atoms with Crippen LogP contribution in [0, 0.1) is 5.82 Å². The van der Waals surface area contributed by atoms with Crippen LogP contribution in [-0.4, -0.2) is 6.10 Å². The van der Waals surface area contributed by atoms with E-state index in [0.29, 0.717) is 0 Å². The second-order valence-electron chi connectivity index (χ2n) is 4.27. The van der Waals surface area contributed by atoms with Crippen molar-refractivity contribution < 1.29 is 9.13 Å². The van der Waals surface area contributed by atoms with Crippen LogP contribution in [0.1, 0.15) is 31.2 Å². The van der Waals surface area contributed by atoms with E-state index < -0.39 is 0 Å². The van der Waals surface area contributed by atoms with Crippen molar-refractivity contribution in [2.45, 2.75) is 31.8 Å². The molecule has 0 bridgehead atoms. The second-order valence-corrected chi connectivity index (χ2v) is 4.27. The molecule has 0 N–H and O–H groups in total. The van der Waals surface area contributed by atoms with Gasteiger partial charge < -0.3 is 4.74 Å². The van der Waals surface area contributed by atoms with E-state index in [-0.39, 0.29) is 11.9 Å². The van der Waals surface area contributed by atoms with Gasteiger partial charge in [0.2, 0.25) is 0 Å². The molecule has 0 spiro atoms. The van der Waals surface area contributed by atoms with Crippen LogP contribution in [0.5, 0.6) is 5.75 Å². The Morgan fingerprint density at radius 1 is 1.35 bits per heavy atom. The summed E-state index contributed by atoms with van der Waals surface area (Å²) in [6, 6.07) is 4.64. The molecular formula is C15H17FO. The number of hydrogen-bond donors (Lipinski definition) is 0. The largest absolute Gasteiger partial charge is 0.486 e. The van der Waals surface area contributed by atoms with E-state index in [1.807, 2.05) is 18.2 Å². The van der Waals surface area contributed by atoms with Crippen molar-refractivity contribution >= 4 is 6.08 Å². The molecule has 1 nitrogen and oxygen atoms in total. The summed E-state index contributed by atoms with van der Waals surface area (Å²) in [6.45, 7) is 3.70. The first kappa shape index (κ1) is 11.9. The maximum absolute atomic E-state index is 13.0. The van der Waals surface area contributed by atoms with Gasteiger partial charge in [-0.2, -0.15) is 0 Å². The van der Waals surface area contributed by atoms with Crippen molar-refractivity contribution in [3.8, 4) is 5.75 Å². The van der Waals surface area contributed by atoms with Crippen molar-refractivity contribution in [2.75, 3.05) is 0 Å². The maximum Gasteiger partial charge on any atom is 0.127 e. The minimum atomic E-state index is -0.221. The quantitative estimate of drug-likeness (QED) is 0.542. The van der Waals surface area contributed by atoms with Gasteiger partial charge >= 0.3 is 0 Å². The molecule has 2 heteroatoms. The number of allylic oxidation sites excluding steroid dienone is 1. The minimum Gasteiger partial charge on any atom is -0.486 e. The molecule has 0 saturated heterocycles. The minimum absolute atomic E-state index is 0.123. The lowest BCUT2D eigenvalue weighted by molar-refractivity contribution is 0.230. The smallest absolute Gasteiger partial charge is 0.127 e. The summed E-state index contributed by atoms with van der Waals surface area (Å²) >= 11 is 0. The predicted octanol–water partition coefficient (Wildman–Crippen LogP) is 4.35. The van der Waals surface area contributed by atoms with E-state index in [4.69, 9.17) is 4.74 Å². The Balaban J connectivity index is 1.91. The van der Waals surface area contributed by atoms with E-state index in [1.165, 1.54) is 12.1 Å². The van der Waals surface area contributed by atoms with E-state index in [1.54, 1.807) is 6.07 Å². The van der Waals surface area contributed by atoms with Gasteiger partial charge in [-0.25, -0.2) is 4.39 Å². The fourth-order valence-corrected chi connectivity index (χ4v) is 1.96. The van der Waals surface area contributed by atoms with Crippen LogP contribution in [0.4, 0.5) is 4.39 Å². The molecule has 1 aromatic carbocycles. The number of benzene rings is 1. The maximum atomic E-state index is 13.0. The average Bonchev–Trinajstić information content (AvgIpc) is 2.35. The standard InChI is InChI=1S/C15H17FO/c1-2-3-4-5-6-14-9-7-12-11-13(16)8-10-15(12)17-14/h2,7-11,14H,1,3-6H2. The predicted molar refractivity (Wildman–Crippen MR) is 68.5 cm³/mol. The lowest BCUT2D eigenvalue weighted by Crippen LogP contribution is -2.16. The SMILES string of the molecule is C=CCCCCC1C=Cc2cc(F)ccc2O1. The third-order valence-electron chi connectivity index (χ3n) is 2.89. The molecule has 1 heterocycles. The third-order valence-corrected chi connectivity index (χ3v) is 2.89. The highest BCUT2D eigenvalue weighted by Crippen LogP contribution is 2.28. The molecule has 17 heavy (non-hydrogen) atoms. The van der Waals surface area contributed by atoms with E-state index in [9.17, 15) is 4.39 Å². The van der Waals surface area contributed by atoms with E-state index >= 15 is 0 Å². The second kappa shape index (κ2) is 5.67. The summed E-state index contributed by atoms with van der Waals surface area (Å²) in [5.74, 6) is 0.559. The van der Waals surface area contributed by atoms with E-state index in [0.717, 1.165) is 37.0 Å². The topological polar surface area (TPSA) is 9.23 Å². The highest BCUT2D eigenvalue weighted by molar-refractivity contribution is 5.59. The number of fused-ring (bicyclic) bond motifs is 1. The lowest BCUT2D eigenvalue weighted by Gasteiger charge is -2.21. The molecule has 0 saturated carbocycles. The average molecular weight is 232 g/mol. The van der Waals surface area contributed by atoms with E-state index in [2.05, 4.69) is 6.58 Å². The normalized spacial score (nSPS) is 17.4.